The average molecular weight is 321 g/mol. The van der Waals surface area contributed by atoms with Crippen LogP contribution in [0.2, 0.25) is 0 Å². The molecule has 1 aromatic carbocycles. The largest absolute Gasteiger partial charge is 0.370 e. The second-order valence-corrected chi connectivity index (χ2v) is 7.03. The molecule has 22 heavy (non-hydrogen) atoms. The Kier molecular flexibility index (Phi) is 6.12. The van der Waals surface area contributed by atoms with E-state index < -0.39 is 5.91 Å². The van der Waals surface area contributed by atoms with Crippen LogP contribution in [0, 0.1) is 0 Å². The van der Waals surface area contributed by atoms with E-state index in [1.165, 1.54) is 25.7 Å². The average Bonchev–Trinajstić information content (AvgIpc) is 2.92. The Morgan fingerprint density at radius 2 is 2.00 bits per heavy atom. The predicted octanol–water partition coefficient (Wildman–Crippen LogP) is 3.11. The Bertz CT molecular complexity index is 530. The zero-order valence-corrected chi connectivity index (χ0v) is 13.6. The third-order valence-electron chi connectivity index (χ3n) is 3.62. The molecule has 6 heteroatoms. The lowest BCUT2D eigenvalue weighted by Crippen LogP contribution is -2.38. The molecule has 0 heterocycles. The number of rotatable bonds is 6. The maximum absolute atomic E-state index is 12.0. The maximum Gasteiger partial charge on any atom is 0.319 e. The minimum absolute atomic E-state index is 0.131. The van der Waals surface area contributed by atoms with Crippen molar-refractivity contribution in [3.05, 3.63) is 24.3 Å². The van der Waals surface area contributed by atoms with Crippen LogP contribution in [0.15, 0.2) is 29.2 Å². The van der Waals surface area contributed by atoms with Crippen molar-refractivity contribution in [3.8, 4) is 0 Å². The van der Waals surface area contributed by atoms with Gasteiger partial charge in [0, 0.05) is 22.6 Å². The lowest BCUT2D eigenvalue weighted by molar-refractivity contribution is -0.118. The van der Waals surface area contributed by atoms with Gasteiger partial charge < -0.3 is 16.4 Å². The van der Waals surface area contributed by atoms with Crippen LogP contribution in [0.3, 0.4) is 0 Å². The van der Waals surface area contributed by atoms with Gasteiger partial charge in [-0.05, 0) is 31.9 Å². The molecule has 0 saturated heterocycles. The Hall–Kier alpha value is -1.69. The molecule has 5 nitrogen and oxygen atoms in total. The summed E-state index contributed by atoms with van der Waals surface area (Å²) in [5, 5.41) is 6.22. The fourth-order valence-electron chi connectivity index (χ4n) is 2.59. The number of primary amides is 1. The molecule has 2 rings (SSSR count). The van der Waals surface area contributed by atoms with Gasteiger partial charge in [-0.25, -0.2) is 4.79 Å². The first kappa shape index (κ1) is 16.7. The minimum Gasteiger partial charge on any atom is -0.370 e. The van der Waals surface area contributed by atoms with Crippen LogP contribution >= 0.6 is 11.8 Å². The van der Waals surface area contributed by atoms with Crippen LogP contribution in [0.5, 0.6) is 0 Å². The summed E-state index contributed by atoms with van der Waals surface area (Å²) in [6.07, 6.45) is 5.18. The van der Waals surface area contributed by atoms with E-state index in [0.717, 1.165) is 10.6 Å². The highest BCUT2D eigenvalue weighted by molar-refractivity contribution is 8.00. The highest BCUT2D eigenvalue weighted by atomic mass is 32.2. The first-order valence-corrected chi connectivity index (χ1v) is 8.54. The second kappa shape index (κ2) is 8.08. The lowest BCUT2D eigenvalue weighted by atomic mass is 10.2. The molecular formula is C16H23N3O2S. The number of nitrogens with one attached hydrogen (secondary N) is 2. The standard InChI is InChI=1S/C16H23N3O2S/c1-11(10-15(17)20)18-16(21)19-13-8-4-5-9-14(13)22-12-6-2-3-7-12/h4-5,8-9,11-12H,2-3,6-7,10H2,1H3,(H2,17,20)(H2,18,19,21)/t11-/m1/s1. The first-order valence-electron chi connectivity index (χ1n) is 7.66. The Morgan fingerprint density at radius 3 is 2.68 bits per heavy atom. The van der Waals surface area contributed by atoms with Crippen molar-refractivity contribution >= 4 is 29.4 Å². The number of thioether (sulfide) groups is 1. The van der Waals surface area contributed by atoms with Gasteiger partial charge >= 0.3 is 6.03 Å². The first-order chi connectivity index (χ1) is 10.5. The van der Waals surface area contributed by atoms with Gasteiger partial charge in [-0.15, -0.1) is 11.8 Å². The molecule has 0 spiro atoms. The molecule has 120 valence electrons. The number of urea groups is 1. The summed E-state index contributed by atoms with van der Waals surface area (Å²) in [4.78, 5) is 23.9. The van der Waals surface area contributed by atoms with Crippen molar-refractivity contribution in [1.29, 1.82) is 0 Å². The van der Waals surface area contributed by atoms with Crippen LogP contribution in [-0.2, 0) is 4.79 Å². The van der Waals surface area contributed by atoms with E-state index in [0.29, 0.717) is 5.25 Å². The van der Waals surface area contributed by atoms with Gasteiger partial charge in [-0.1, -0.05) is 25.0 Å². The Labute approximate surface area is 135 Å². The van der Waals surface area contributed by atoms with E-state index in [1.54, 1.807) is 6.92 Å². The molecule has 0 bridgehead atoms. The molecule has 0 aromatic heterocycles. The minimum atomic E-state index is -0.426. The highest BCUT2D eigenvalue weighted by Crippen LogP contribution is 2.37. The monoisotopic (exact) mass is 321 g/mol. The van der Waals surface area contributed by atoms with E-state index in [-0.39, 0.29) is 18.5 Å². The third kappa shape index (κ3) is 5.26. The Balaban J connectivity index is 1.93. The van der Waals surface area contributed by atoms with Crippen molar-refractivity contribution in [2.24, 2.45) is 5.73 Å². The molecule has 0 radical (unpaired) electrons. The van der Waals surface area contributed by atoms with E-state index in [1.807, 2.05) is 36.0 Å². The van der Waals surface area contributed by atoms with Crippen LogP contribution in [0.1, 0.15) is 39.0 Å². The van der Waals surface area contributed by atoms with Crippen molar-refractivity contribution < 1.29 is 9.59 Å². The van der Waals surface area contributed by atoms with Gasteiger partial charge in [0.05, 0.1) is 5.69 Å². The van der Waals surface area contributed by atoms with Crippen LogP contribution in [0.25, 0.3) is 0 Å². The summed E-state index contributed by atoms with van der Waals surface area (Å²) in [7, 11) is 0. The second-order valence-electron chi connectivity index (χ2n) is 5.69. The number of hydrogen-bond donors (Lipinski definition) is 3. The maximum atomic E-state index is 12.0. The number of amides is 3. The Morgan fingerprint density at radius 1 is 1.32 bits per heavy atom. The molecule has 1 aliphatic rings. The molecule has 1 fully saturated rings. The molecule has 0 aliphatic heterocycles. The van der Waals surface area contributed by atoms with Crippen molar-refractivity contribution in [1.82, 2.24) is 5.32 Å². The SMILES string of the molecule is C[C@H](CC(N)=O)NC(=O)Nc1ccccc1SC1CCCC1. The molecule has 1 atom stereocenters. The quantitative estimate of drug-likeness (QED) is 0.752. The molecule has 3 amide bonds. The van der Waals surface area contributed by atoms with Crippen LogP contribution < -0.4 is 16.4 Å². The van der Waals surface area contributed by atoms with Crippen molar-refractivity contribution in [2.75, 3.05) is 5.32 Å². The summed E-state index contributed by atoms with van der Waals surface area (Å²) in [5.41, 5.74) is 5.93. The fourth-order valence-corrected chi connectivity index (χ4v) is 3.92. The zero-order chi connectivity index (χ0) is 15.9. The van der Waals surface area contributed by atoms with Gasteiger partial charge in [0.25, 0.3) is 0 Å². The van der Waals surface area contributed by atoms with Gasteiger partial charge in [0.2, 0.25) is 5.91 Å². The predicted molar refractivity (Wildman–Crippen MR) is 90.0 cm³/mol. The molecular weight excluding hydrogens is 298 g/mol. The molecule has 4 N–H and O–H groups in total. The van der Waals surface area contributed by atoms with E-state index in [4.69, 9.17) is 5.73 Å². The highest BCUT2D eigenvalue weighted by Gasteiger charge is 2.18. The van der Waals surface area contributed by atoms with Gasteiger partial charge in [0.15, 0.2) is 0 Å². The number of carbonyl (C=O) groups is 2. The summed E-state index contributed by atoms with van der Waals surface area (Å²) in [5.74, 6) is -0.426. The number of carbonyl (C=O) groups excluding carboxylic acids is 2. The summed E-state index contributed by atoms with van der Waals surface area (Å²) in [6, 6.07) is 7.22. The normalized spacial score (nSPS) is 16.2. The van der Waals surface area contributed by atoms with Gasteiger partial charge in [-0.2, -0.15) is 0 Å². The fraction of sp³-hybridized carbons (Fsp3) is 0.500. The van der Waals surface area contributed by atoms with Gasteiger partial charge in [0.1, 0.15) is 0 Å². The molecule has 1 aliphatic carbocycles. The summed E-state index contributed by atoms with van der Waals surface area (Å²) in [6.45, 7) is 1.75. The van der Waals surface area contributed by atoms with E-state index in [2.05, 4.69) is 10.6 Å². The number of nitrogens with two attached hydrogens (primary N) is 1. The molecule has 1 aromatic rings. The summed E-state index contributed by atoms with van der Waals surface area (Å²) >= 11 is 1.83. The number of para-hydroxylation sites is 1. The number of benzene rings is 1. The molecule has 0 unspecified atom stereocenters. The number of anilines is 1. The van der Waals surface area contributed by atoms with Crippen LogP contribution in [-0.4, -0.2) is 23.2 Å². The smallest absolute Gasteiger partial charge is 0.319 e. The topological polar surface area (TPSA) is 84.2 Å². The van der Waals surface area contributed by atoms with E-state index >= 15 is 0 Å². The van der Waals surface area contributed by atoms with Gasteiger partial charge in [-0.3, -0.25) is 4.79 Å². The summed E-state index contributed by atoms with van der Waals surface area (Å²) < 4.78 is 0. The van der Waals surface area contributed by atoms with E-state index in [9.17, 15) is 9.59 Å². The van der Waals surface area contributed by atoms with Crippen molar-refractivity contribution in [2.45, 2.75) is 55.2 Å². The third-order valence-corrected chi connectivity index (χ3v) is 5.03. The molecule has 1 saturated carbocycles. The zero-order valence-electron chi connectivity index (χ0n) is 12.8. The number of hydrogen-bond acceptors (Lipinski definition) is 3. The lowest BCUT2D eigenvalue weighted by Gasteiger charge is -2.16. The van der Waals surface area contributed by atoms with Crippen LogP contribution in [0.4, 0.5) is 10.5 Å². The van der Waals surface area contributed by atoms with Crippen molar-refractivity contribution in [3.63, 3.8) is 0 Å².